The van der Waals surface area contributed by atoms with Crippen molar-refractivity contribution in [3.63, 3.8) is 0 Å². The number of nitrogens with zero attached hydrogens (tertiary/aromatic N) is 2. The van der Waals surface area contributed by atoms with Crippen molar-refractivity contribution < 1.29 is 0 Å². The van der Waals surface area contributed by atoms with Gasteiger partial charge >= 0.3 is 0 Å². The van der Waals surface area contributed by atoms with Gasteiger partial charge in [-0.15, -0.1) is 0 Å². The number of benzene rings is 2. The molecule has 0 saturated heterocycles. The Morgan fingerprint density at radius 1 is 0.905 bits per heavy atom. The molecular formula is C17H14N4. The Morgan fingerprint density at radius 3 is 2.90 bits per heavy atom. The van der Waals surface area contributed by atoms with E-state index in [1.54, 1.807) is 0 Å². The van der Waals surface area contributed by atoms with E-state index in [0.717, 1.165) is 23.1 Å². The Bertz CT molecular complexity index is 911. The van der Waals surface area contributed by atoms with Crippen LogP contribution in [0.3, 0.4) is 0 Å². The Morgan fingerprint density at radius 2 is 1.90 bits per heavy atom. The molecule has 0 atom stereocenters. The van der Waals surface area contributed by atoms with Crippen molar-refractivity contribution in [2.24, 2.45) is 0 Å². The zero-order valence-corrected chi connectivity index (χ0v) is 11.4. The van der Waals surface area contributed by atoms with Crippen LogP contribution in [0.25, 0.3) is 21.7 Å². The molecule has 21 heavy (non-hydrogen) atoms. The number of hydrogen-bond donors (Lipinski definition) is 2. The molecule has 0 unspecified atom stereocenters. The molecule has 0 aliphatic carbocycles. The second-order valence-electron chi connectivity index (χ2n) is 5.08. The van der Waals surface area contributed by atoms with E-state index in [1.807, 2.05) is 30.7 Å². The van der Waals surface area contributed by atoms with Gasteiger partial charge in [0.05, 0.1) is 11.7 Å². The molecule has 0 spiro atoms. The first kappa shape index (κ1) is 11.9. The summed E-state index contributed by atoms with van der Waals surface area (Å²) in [5.41, 5.74) is 3.40. The zero-order chi connectivity index (χ0) is 14.1. The van der Waals surface area contributed by atoms with Crippen molar-refractivity contribution in [2.45, 2.75) is 6.54 Å². The minimum atomic E-state index is 0.793. The molecule has 2 aromatic carbocycles. The molecule has 2 N–H and O–H groups in total. The van der Waals surface area contributed by atoms with Crippen molar-refractivity contribution in [3.8, 4) is 0 Å². The van der Waals surface area contributed by atoms with Gasteiger partial charge in [-0.2, -0.15) is 5.10 Å². The van der Waals surface area contributed by atoms with Crippen LogP contribution in [0.4, 0.5) is 5.69 Å². The van der Waals surface area contributed by atoms with Gasteiger partial charge < -0.3 is 5.32 Å². The highest BCUT2D eigenvalue weighted by Gasteiger charge is 2.00. The third-order valence-corrected chi connectivity index (χ3v) is 3.64. The zero-order valence-electron chi connectivity index (χ0n) is 11.4. The minimum Gasteiger partial charge on any atom is -0.381 e. The van der Waals surface area contributed by atoms with E-state index < -0.39 is 0 Å². The van der Waals surface area contributed by atoms with Gasteiger partial charge in [-0.3, -0.25) is 10.1 Å². The van der Waals surface area contributed by atoms with Gasteiger partial charge in [-0.25, -0.2) is 0 Å². The minimum absolute atomic E-state index is 0.793. The molecule has 4 heteroatoms. The first-order valence-electron chi connectivity index (χ1n) is 6.88. The number of aromatic amines is 1. The van der Waals surface area contributed by atoms with Gasteiger partial charge in [0.1, 0.15) is 0 Å². The lowest BCUT2D eigenvalue weighted by Crippen LogP contribution is -1.99. The summed E-state index contributed by atoms with van der Waals surface area (Å²) in [6.45, 7) is 0.793. The second kappa shape index (κ2) is 4.90. The number of H-pyrrole nitrogens is 1. The maximum atomic E-state index is 4.14. The predicted octanol–water partition coefficient (Wildman–Crippen LogP) is 3.72. The van der Waals surface area contributed by atoms with Crippen LogP contribution in [0.5, 0.6) is 0 Å². The van der Waals surface area contributed by atoms with E-state index in [0.29, 0.717) is 0 Å². The standard InChI is InChI=1S/C17H14N4/c1-2-14-10-18-6-5-13(14)7-12(1)9-19-16-3-4-17-15(8-16)11-20-21-17/h1-8,10-11,19H,9H2,(H,20,21). The largest absolute Gasteiger partial charge is 0.381 e. The monoisotopic (exact) mass is 274 g/mol. The van der Waals surface area contributed by atoms with Crippen LogP contribution < -0.4 is 5.32 Å². The fraction of sp³-hybridized carbons (Fsp3) is 0.0588. The Hall–Kier alpha value is -2.88. The van der Waals surface area contributed by atoms with E-state index in [4.69, 9.17) is 0 Å². The van der Waals surface area contributed by atoms with E-state index in [-0.39, 0.29) is 0 Å². The molecule has 4 aromatic rings. The number of nitrogens with one attached hydrogen (secondary N) is 2. The first-order chi connectivity index (χ1) is 10.4. The first-order valence-corrected chi connectivity index (χ1v) is 6.88. The molecule has 4 rings (SSSR count). The number of rotatable bonds is 3. The molecular weight excluding hydrogens is 260 g/mol. The number of hydrogen-bond acceptors (Lipinski definition) is 3. The van der Waals surface area contributed by atoms with Crippen LogP contribution in [0.15, 0.2) is 61.1 Å². The predicted molar refractivity (Wildman–Crippen MR) is 85.2 cm³/mol. The van der Waals surface area contributed by atoms with Gasteiger partial charge in [-0.1, -0.05) is 12.1 Å². The summed E-state index contributed by atoms with van der Waals surface area (Å²) in [5.74, 6) is 0. The number of aromatic nitrogens is 3. The van der Waals surface area contributed by atoms with E-state index in [1.165, 1.54) is 16.3 Å². The van der Waals surface area contributed by atoms with E-state index in [9.17, 15) is 0 Å². The van der Waals surface area contributed by atoms with E-state index in [2.05, 4.69) is 50.8 Å². The van der Waals surface area contributed by atoms with Gasteiger partial charge in [0.25, 0.3) is 0 Å². The van der Waals surface area contributed by atoms with Crippen LogP contribution in [-0.2, 0) is 6.54 Å². The maximum absolute atomic E-state index is 4.14. The van der Waals surface area contributed by atoms with Crippen LogP contribution in [0, 0.1) is 0 Å². The van der Waals surface area contributed by atoms with Crippen molar-refractivity contribution in [1.82, 2.24) is 15.2 Å². The summed E-state index contributed by atoms with van der Waals surface area (Å²) in [4.78, 5) is 4.14. The van der Waals surface area contributed by atoms with Crippen molar-refractivity contribution in [1.29, 1.82) is 0 Å². The third-order valence-electron chi connectivity index (χ3n) is 3.64. The molecule has 0 radical (unpaired) electrons. The van der Waals surface area contributed by atoms with Crippen LogP contribution >= 0.6 is 0 Å². The highest BCUT2D eigenvalue weighted by atomic mass is 15.1. The van der Waals surface area contributed by atoms with Crippen molar-refractivity contribution in [3.05, 3.63) is 66.6 Å². The number of pyridine rings is 1. The maximum Gasteiger partial charge on any atom is 0.0651 e. The van der Waals surface area contributed by atoms with Crippen LogP contribution in [-0.4, -0.2) is 15.2 Å². The van der Waals surface area contributed by atoms with Gasteiger partial charge in [-0.05, 0) is 41.3 Å². The van der Waals surface area contributed by atoms with Crippen LogP contribution in [0.1, 0.15) is 5.56 Å². The summed E-state index contributed by atoms with van der Waals surface area (Å²) < 4.78 is 0. The summed E-state index contributed by atoms with van der Waals surface area (Å²) in [7, 11) is 0. The Balaban J connectivity index is 1.56. The molecule has 102 valence electrons. The lowest BCUT2D eigenvalue weighted by atomic mass is 10.1. The molecule has 0 fully saturated rings. The highest BCUT2D eigenvalue weighted by Crippen LogP contribution is 2.19. The quantitative estimate of drug-likeness (QED) is 0.598. The third kappa shape index (κ3) is 2.31. The average Bonchev–Trinajstić information content (AvgIpc) is 3.00. The lowest BCUT2D eigenvalue weighted by molar-refractivity contribution is 1.12. The topological polar surface area (TPSA) is 53.6 Å². The molecule has 0 aliphatic rings. The smallest absolute Gasteiger partial charge is 0.0651 e. The van der Waals surface area contributed by atoms with E-state index >= 15 is 0 Å². The van der Waals surface area contributed by atoms with Gasteiger partial charge in [0.2, 0.25) is 0 Å². The second-order valence-corrected chi connectivity index (χ2v) is 5.08. The number of fused-ring (bicyclic) bond motifs is 2. The summed E-state index contributed by atoms with van der Waals surface area (Å²) in [5, 5.41) is 13.9. The van der Waals surface area contributed by atoms with Crippen LogP contribution in [0.2, 0.25) is 0 Å². The lowest BCUT2D eigenvalue weighted by Gasteiger charge is -2.07. The van der Waals surface area contributed by atoms with Crippen molar-refractivity contribution in [2.75, 3.05) is 5.32 Å². The molecule has 0 aliphatic heterocycles. The van der Waals surface area contributed by atoms with Gasteiger partial charge in [0.15, 0.2) is 0 Å². The molecule has 0 amide bonds. The molecule has 2 heterocycles. The normalized spacial score (nSPS) is 11.0. The summed E-state index contributed by atoms with van der Waals surface area (Å²) in [6, 6.07) is 14.7. The molecule has 4 nitrogen and oxygen atoms in total. The van der Waals surface area contributed by atoms with Crippen molar-refractivity contribution >= 4 is 27.4 Å². The molecule has 0 bridgehead atoms. The Kier molecular flexibility index (Phi) is 2.78. The summed E-state index contributed by atoms with van der Waals surface area (Å²) >= 11 is 0. The SMILES string of the molecule is c1cc2cc(CNc3ccc4[nH]ncc4c3)ccc2cn1. The fourth-order valence-electron chi connectivity index (χ4n) is 2.50. The molecule has 2 aromatic heterocycles. The van der Waals surface area contributed by atoms with Gasteiger partial charge in [0, 0.05) is 35.4 Å². The average molecular weight is 274 g/mol. The number of anilines is 1. The summed E-state index contributed by atoms with van der Waals surface area (Å²) in [6.07, 6.45) is 5.55. The fourth-order valence-corrected chi connectivity index (χ4v) is 2.50. The Labute approximate surface area is 121 Å². The molecule has 0 saturated carbocycles. The highest BCUT2D eigenvalue weighted by molar-refractivity contribution is 5.83.